The van der Waals surface area contributed by atoms with E-state index in [2.05, 4.69) is 21.2 Å². The maximum Gasteiger partial charge on any atom is 0.128 e. The van der Waals surface area contributed by atoms with E-state index in [0.717, 1.165) is 10.0 Å². The van der Waals surface area contributed by atoms with Crippen LogP contribution in [0.2, 0.25) is 5.02 Å². The molecule has 1 atom stereocenters. The van der Waals surface area contributed by atoms with Gasteiger partial charge in [0.1, 0.15) is 5.82 Å². The van der Waals surface area contributed by atoms with Gasteiger partial charge in [-0.05, 0) is 49.4 Å². The summed E-state index contributed by atoms with van der Waals surface area (Å²) in [6.07, 6.45) is 0.702. The van der Waals surface area contributed by atoms with Gasteiger partial charge in [0.05, 0.1) is 0 Å². The molecule has 0 aliphatic rings. The van der Waals surface area contributed by atoms with E-state index in [-0.39, 0.29) is 11.9 Å². The van der Waals surface area contributed by atoms with Crippen molar-refractivity contribution in [1.82, 2.24) is 5.32 Å². The molecule has 0 radical (unpaired) electrons. The maximum absolute atomic E-state index is 13.9. The molecule has 2 aromatic rings. The molecule has 2 rings (SSSR count). The topological polar surface area (TPSA) is 12.0 Å². The van der Waals surface area contributed by atoms with E-state index in [1.807, 2.05) is 31.3 Å². The molecule has 1 unspecified atom stereocenters. The zero-order chi connectivity index (χ0) is 13.8. The van der Waals surface area contributed by atoms with Crippen molar-refractivity contribution in [1.29, 1.82) is 0 Å². The van der Waals surface area contributed by atoms with Gasteiger partial charge in [0.15, 0.2) is 0 Å². The van der Waals surface area contributed by atoms with Gasteiger partial charge < -0.3 is 5.32 Å². The summed E-state index contributed by atoms with van der Waals surface area (Å²) < 4.78 is 14.9. The Labute approximate surface area is 125 Å². The Balaban J connectivity index is 2.27. The summed E-state index contributed by atoms with van der Waals surface area (Å²) in [5, 5.41) is 3.69. The van der Waals surface area contributed by atoms with E-state index in [1.165, 1.54) is 6.07 Å². The van der Waals surface area contributed by atoms with Crippen LogP contribution < -0.4 is 5.32 Å². The molecule has 100 valence electrons. The normalized spacial score (nSPS) is 12.4. The van der Waals surface area contributed by atoms with E-state index in [1.54, 1.807) is 12.1 Å². The molecule has 0 aliphatic heterocycles. The zero-order valence-corrected chi connectivity index (χ0v) is 12.8. The molecule has 4 heteroatoms. The lowest BCUT2D eigenvalue weighted by Crippen LogP contribution is -2.20. The highest BCUT2D eigenvalue weighted by atomic mass is 79.9. The van der Waals surface area contributed by atoms with Crippen LogP contribution in [-0.2, 0) is 6.42 Å². The van der Waals surface area contributed by atoms with Gasteiger partial charge in [-0.15, -0.1) is 0 Å². The second kappa shape index (κ2) is 6.51. The SMILES string of the molecule is CNC(Cc1cccc(Br)c1)c1cc(Cl)ccc1F. The number of benzene rings is 2. The molecule has 0 aliphatic carbocycles. The van der Waals surface area contributed by atoms with Crippen LogP contribution in [0.1, 0.15) is 17.2 Å². The van der Waals surface area contributed by atoms with Gasteiger partial charge in [0.2, 0.25) is 0 Å². The third kappa shape index (κ3) is 3.78. The van der Waals surface area contributed by atoms with Crippen LogP contribution in [0.25, 0.3) is 0 Å². The highest BCUT2D eigenvalue weighted by Crippen LogP contribution is 2.25. The Morgan fingerprint density at radius 2 is 2.05 bits per heavy atom. The summed E-state index contributed by atoms with van der Waals surface area (Å²) in [6.45, 7) is 0. The van der Waals surface area contributed by atoms with Crippen LogP contribution in [0.5, 0.6) is 0 Å². The summed E-state index contributed by atoms with van der Waals surface area (Å²) in [7, 11) is 1.82. The lowest BCUT2D eigenvalue weighted by molar-refractivity contribution is 0.534. The third-order valence-corrected chi connectivity index (χ3v) is 3.74. The number of likely N-dealkylation sites (N-methyl/N-ethyl adjacent to an activating group) is 1. The molecule has 1 N–H and O–H groups in total. The van der Waals surface area contributed by atoms with Crippen molar-refractivity contribution in [2.24, 2.45) is 0 Å². The van der Waals surface area contributed by atoms with Gasteiger partial charge >= 0.3 is 0 Å². The fourth-order valence-corrected chi connectivity index (χ4v) is 2.68. The van der Waals surface area contributed by atoms with Crippen molar-refractivity contribution in [2.75, 3.05) is 7.05 Å². The number of nitrogens with one attached hydrogen (secondary N) is 1. The molecule has 0 fully saturated rings. The van der Waals surface area contributed by atoms with Crippen molar-refractivity contribution in [3.8, 4) is 0 Å². The van der Waals surface area contributed by atoms with Crippen LogP contribution in [0.15, 0.2) is 46.9 Å². The minimum absolute atomic E-state index is 0.104. The molecule has 0 amide bonds. The third-order valence-electron chi connectivity index (χ3n) is 3.01. The first-order valence-corrected chi connectivity index (χ1v) is 7.14. The van der Waals surface area contributed by atoms with Crippen molar-refractivity contribution in [3.63, 3.8) is 0 Å². The fraction of sp³-hybridized carbons (Fsp3) is 0.200. The van der Waals surface area contributed by atoms with E-state index >= 15 is 0 Å². The second-order valence-corrected chi connectivity index (χ2v) is 5.69. The summed E-state index contributed by atoms with van der Waals surface area (Å²) in [6, 6.07) is 12.5. The Hall–Kier alpha value is -0.900. The van der Waals surface area contributed by atoms with Gasteiger partial charge in [0, 0.05) is 21.1 Å². The van der Waals surface area contributed by atoms with E-state index in [9.17, 15) is 4.39 Å². The summed E-state index contributed by atoms with van der Waals surface area (Å²) in [5.41, 5.74) is 1.73. The van der Waals surface area contributed by atoms with Gasteiger partial charge in [0.25, 0.3) is 0 Å². The average Bonchev–Trinajstić information content (AvgIpc) is 2.39. The Kier molecular flexibility index (Phi) is 4.97. The number of hydrogen-bond donors (Lipinski definition) is 1. The smallest absolute Gasteiger partial charge is 0.128 e. The molecular formula is C15H14BrClFN. The van der Waals surface area contributed by atoms with Gasteiger partial charge in [-0.2, -0.15) is 0 Å². The number of hydrogen-bond acceptors (Lipinski definition) is 1. The first kappa shape index (κ1) is 14.5. The van der Waals surface area contributed by atoms with Crippen molar-refractivity contribution in [2.45, 2.75) is 12.5 Å². The van der Waals surface area contributed by atoms with Crippen LogP contribution in [-0.4, -0.2) is 7.05 Å². The van der Waals surface area contributed by atoms with Crippen LogP contribution >= 0.6 is 27.5 Å². The Morgan fingerprint density at radius 3 is 2.74 bits per heavy atom. The largest absolute Gasteiger partial charge is 0.313 e. The highest BCUT2D eigenvalue weighted by molar-refractivity contribution is 9.10. The fourth-order valence-electron chi connectivity index (χ4n) is 2.05. The molecular weight excluding hydrogens is 329 g/mol. The molecule has 2 aromatic carbocycles. The molecule has 0 spiro atoms. The van der Waals surface area contributed by atoms with Crippen LogP contribution in [0.4, 0.5) is 4.39 Å². The first-order valence-electron chi connectivity index (χ1n) is 5.97. The van der Waals surface area contributed by atoms with E-state index in [0.29, 0.717) is 17.0 Å². The molecule has 0 saturated carbocycles. The molecule has 0 saturated heterocycles. The zero-order valence-electron chi connectivity index (χ0n) is 10.5. The molecule has 0 aromatic heterocycles. The molecule has 0 bridgehead atoms. The molecule has 1 nitrogen and oxygen atoms in total. The predicted molar refractivity (Wildman–Crippen MR) is 81.1 cm³/mol. The van der Waals surface area contributed by atoms with Gasteiger partial charge in [-0.1, -0.05) is 39.7 Å². The van der Waals surface area contributed by atoms with E-state index < -0.39 is 0 Å². The Bertz CT molecular complexity index is 574. The van der Waals surface area contributed by atoms with Crippen molar-refractivity contribution in [3.05, 3.63) is 68.9 Å². The minimum Gasteiger partial charge on any atom is -0.313 e. The summed E-state index contributed by atoms with van der Waals surface area (Å²) in [4.78, 5) is 0. The van der Waals surface area contributed by atoms with Crippen LogP contribution in [0.3, 0.4) is 0 Å². The minimum atomic E-state index is -0.237. The van der Waals surface area contributed by atoms with E-state index in [4.69, 9.17) is 11.6 Å². The van der Waals surface area contributed by atoms with Gasteiger partial charge in [-0.25, -0.2) is 4.39 Å². The lowest BCUT2D eigenvalue weighted by Gasteiger charge is -2.18. The highest BCUT2D eigenvalue weighted by Gasteiger charge is 2.15. The quantitative estimate of drug-likeness (QED) is 0.846. The predicted octanol–water partition coefficient (Wildman–Crippen LogP) is 4.74. The summed E-state index contributed by atoms with van der Waals surface area (Å²) in [5.74, 6) is -0.237. The summed E-state index contributed by atoms with van der Waals surface area (Å²) >= 11 is 9.38. The first-order chi connectivity index (χ1) is 9.10. The lowest BCUT2D eigenvalue weighted by atomic mass is 9.98. The maximum atomic E-state index is 13.9. The van der Waals surface area contributed by atoms with Crippen LogP contribution in [0, 0.1) is 5.82 Å². The Morgan fingerprint density at radius 1 is 1.26 bits per heavy atom. The van der Waals surface area contributed by atoms with Crippen molar-refractivity contribution >= 4 is 27.5 Å². The van der Waals surface area contributed by atoms with Crippen molar-refractivity contribution < 1.29 is 4.39 Å². The average molecular weight is 343 g/mol. The molecule has 0 heterocycles. The monoisotopic (exact) mass is 341 g/mol. The second-order valence-electron chi connectivity index (χ2n) is 4.34. The molecule has 19 heavy (non-hydrogen) atoms. The van der Waals surface area contributed by atoms with Gasteiger partial charge in [-0.3, -0.25) is 0 Å². The number of rotatable bonds is 4. The number of halogens is 3. The standard InChI is InChI=1S/C15H14BrClFN/c1-19-15(8-10-3-2-4-11(16)7-10)13-9-12(17)5-6-14(13)18/h2-7,9,15,19H,8H2,1H3.